The smallest absolute Gasteiger partial charge is 0.336 e. The van der Waals surface area contributed by atoms with Gasteiger partial charge in [0.2, 0.25) is 0 Å². The molecule has 1 N–H and O–H groups in total. The van der Waals surface area contributed by atoms with Gasteiger partial charge in [0.1, 0.15) is 5.15 Å². The van der Waals surface area contributed by atoms with E-state index in [0.29, 0.717) is 40.4 Å². The zero-order valence-electron chi connectivity index (χ0n) is 14.1. The number of rotatable bonds is 4. The van der Waals surface area contributed by atoms with Crippen LogP contribution in [0.25, 0.3) is 0 Å². The first-order valence-corrected chi connectivity index (χ1v) is 8.76. The van der Waals surface area contributed by atoms with Gasteiger partial charge in [0, 0.05) is 11.7 Å². The van der Waals surface area contributed by atoms with E-state index in [0.717, 1.165) is 5.70 Å². The number of hydrogen-bond donors (Lipinski definition) is 1. The number of carboxylic acid groups (broad SMARTS) is 1. The number of aliphatic carboxylic acids is 1. The van der Waals surface area contributed by atoms with Crippen LogP contribution in [0.15, 0.2) is 46.4 Å². The van der Waals surface area contributed by atoms with Crippen LogP contribution in [0, 0.1) is 5.92 Å². The Labute approximate surface area is 151 Å². The van der Waals surface area contributed by atoms with Gasteiger partial charge in [-0.15, -0.1) is 0 Å². The zero-order valence-corrected chi connectivity index (χ0v) is 14.9. The van der Waals surface area contributed by atoms with Crippen LogP contribution >= 0.6 is 11.6 Å². The van der Waals surface area contributed by atoms with E-state index in [2.05, 4.69) is 21.9 Å². The van der Waals surface area contributed by atoms with E-state index < -0.39 is 5.97 Å². The Morgan fingerprint density at radius 2 is 2.16 bits per heavy atom. The Bertz CT molecular complexity index is 841. The van der Waals surface area contributed by atoms with E-state index in [9.17, 15) is 9.90 Å². The van der Waals surface area contributed by atoms with Gasteiger partial charge < -0.3 is 5.11 Å². The predicted molar refractivity (Wildman–Crippen MR) is 94.9 cm³/mol. The Hall–Kier alpha value is -2.18. The third-order valence-electron chi connectivity index (χ3n) is 4.96. The summed E-state index contributed by atoms with van der Waals surface area (Å²) in [5.74, 6) is 0.182. The number of aliphatic imine (C=N–C) groups is 1. The molecule has 0 spiro atoms. The van der Waals surface area contributed by atoms with Crippen LogP contribution in [0.3, 0.4) is 0 Å². The largest absolute Gasteiger partial charge is 0.478 e. The quantitative estimate of drug-likeness (QED) is 0.838. The number of hydrazine groups is 1. The minimum atomic E-state index is -0.928. The fraction of sp³-hybridized carbons (Fsp3) is 0.389. The van der Waals surface area contributed by atoms with Crippen molar-refractivity contribution in [3.63, 3.8) is 0 Å². The van der Waals surface area contributed by atoms with Crippen molar-refractivity contribution in [1.29, 1.82) is 0 Å². The number of allylic oxidation sites excluding steroid dienone is 2. The molecule has 25 heavy (non-hydrogen) atoms. The molecule has 1 unspecified atom stereocenters. The van der Waals surface area contributed by atoms with Gasteiger partial charge in [0.25, 0.3) is 0 Å². The predicted octanol–water partition coefficient (Wildman–Crippen LogP) is 3.07. The van der Waals surface area contributed by atoms with Crippen molar-refractivity contribution < 1.29 is 9.90 Å². The van der Waals surface area contributed by atoms with Crippen molar-refractivity contribution >= 4 is 23.3 Å². The van der Waals surface area contributed by atoms with Crippen LogP contribution in [-0.2, 0) is 4.79 Å². The molecule has 2 aliphatic heterocycles. The summed E-state index contributed by atoms with van der Waals surface area (Å²) in [5.41, 5.74) is 2.52. The summed E-state index contributed by atoms with van der Waals surface area (Å²) in [4.78, 5) is 20.7. The number of carbonyl (C=O) groups is 1. The number of fused-ring (bicyclic) bond motifs is 1. The second-order valence-electron chi connectivity index (χ2n) is 6.72. The maximum Gasteiger partial charge on any atom is 0.336 e. The Morgan fingerprint density at radius 3 is 2.80 bits per heavy atom. The van der Waals surface area contributed by atoms with Crippen molar-refractivity contribution in [2.75, 3.05) is 6.54 Å². The summed E-state index contributed by atoms with van der Waals surface area (Å²) in [7, 11) is 0. The first kappa shape index (κ1) is 16.3. The molecule has 3 aliphatic rings. The number of hydrogen-bond acceptors (Lipinski definition) is 5. The lowest BCUT2D eigenvalue weighted by Gasteiger charge is -2.37. The summed E-state index contributed by atoms with van der Waals surface area (Å²) in [6.07, 6.45) is 4.33. The van der Waals surface area contributed by atoms with Crippen LogP contribution in [0.1, 0.15) is 32.4 Å². The highest BCUT2D eigenvalue weighted by Crippen LogP contribution is 2.41. The summed E-state index contributed by atoms with van der Waals surface area (Å²) in [5, 5.41) is 14.1. The molecule has 1 fully saturated rings. The van der Waals surface area contributed by atoms with Crippen molar-refractivity contribution in [2.45, 2.75) is 32.7 Å². The molecular formula is C18H19ClN4O2. The molecule has 0 bridgehead atoms. The highest BCUT2D eigenvalue weighted by Gasteiger charge is 2.43. The third-order valence-corrected chi connectivity index (χ3v) is 5.17. The van der Waals surface area contributed by atoms with Gasteiger partial charge in [-0.25, -0.2) is 19.8 Å². The minimum absolute atomic E-state index is 0.288. The number of carboxylic acids is 1. The molecule has 1 atom stereocenters. The van der Waals surface area contributed by atoms with Crippen LogP contribution in [-0.4, -0.2) is 44.4 Å². The van der Waals surface area contributed by atoms with E-state index in [1.54, 1.807) is 6.07 Å². The number of nitrogens with zero attached hydrogens (tertiary/aromatic N) is 4. The molecule has 7 heteroatoms. The third kappa shape index (κ3) is 2.85. The Kier molecular flexibility index (Phi) is 3.89. The van der Waals surface area contributed by atoms with Crippen LogP contribution in [0.4, 0.5) is 0 Å². The molecule has 1 aromatic rings. The van der Waals surface area contributed by atoms with Crippen molar-refractivity contribution in [2.24, 2.45) is 10.9 Å². The van der Waals surface area contributed by atoms with E-state index in [4.69, 9.17) is 11.6 Å². The lowest BCUT2D eigenvalue weighted by molar-refractivity contribution is -0.132. The van der Waals surface area contributed by atoms with E-state index >= 15 is 0 Å². The van der Waals surface area contributed by atoms with Crippen LogP contribution in [0.2, 0.25) is 5.15 Å². The summed E-state index contributed by atoms with van der Waals surface area (Å²) in [6.45, 7) is 4.50. The fourth-order valence-electron chi connectivity index (χ4n) is 3.44. The highest BCUT2D eigenvalue weighted by atomic mass is 35.5. The molecule has 0 amide bonds. The minimum Gasteiger partial charge on any atom is -0.478 e. The summed E-state index contributed by atoms with van der Waals surface area (Å²) < 4.78 is 0. The van der Waals surface area contributed by atoms with Gasteiger partial charge in [-0.3, -0.25) is 5.01 Å². The molecule has 0 radical (unpaired) electrons. The van der Waals surface area contributed by atoms with Gasteiger partial charge in [-0.2, -0.15) is 0 Å². The van der Waals surface area contributed by atoms with Crippen molar-refractivity contribution in [3.8, 4) is 0 Å². The first-order valence-electron chi connectivity index (χ1n) is 8.38. The van der Waals surface area contributed by atoms with Crippen LogP contribution in [0.5, 0.6) is 0 Å². The second-order valence-corrected chi connectivity index (χ2v) is 7.11. The summed E-state index contributed by atoms with van der Waals surface area (Å²) in [6, 6.07) is 5.63. The average Bonchev–Trinajstić information content (AvgIpc) is 3.34. The highest BCUT2D eigenvalue weighted by molar-refractivity contribution is 6.29. The number of halogens is 1. The zero-order chi connectivity index (χ0) is 17.7. The molecule has 1 aliphatic carbocycles. The molecule has 1 aromatic heterocycles. The Balaban J connectivity index is 1.76. The van der Waals surface area contributed by atoms with E-state index in [1.807, 2.05) is 30.1 Å². The SMILES string of the molecule is CC1=CC(c2cccc(Cl)n2)=NC2=C(C(=O)O)CN(C(C)C3CC3)N12. The number of pyridine rings is 1. The molecule has 0 saturated heterocycles. The Morgan fingerprint density at radius 1 is 1.40 bits per heavy atom. The van der Waals surface area contributed by atoms with Gasteiger partial charge in [-0.05, 0) is 50.8 Å². The molecular weight excluding hydrogens is 340 g/mol. The monoisotopic (exact) mass is 358 g/mol. The maximum absolute atomic E-state index is 11.8. The molecule has 6 nitrogen and oxygen atoms in total. The maximum atomic E-state index is 11.8. The topological polar surface area (TPSA) is 69.0 Å². The van der Waals surface area contributed by atoms with Crippen LogP contribution < -0.4 is 0 Å². The van der Waals surface area contributed by atoms with Crippen molar-refractivity contribution in [3.05, 3.63) is 52.2 Å². The van der Waals surface area contributed by atoms with Gasteiger partial charge in [-0.1, -0.05) is 17.7 Å². The van der Waals surface area contributed by atoms with E-state index in [-0.39, 0.29) is 6.04 Å². The molecule has 0 aromatic carbocycles. The lowest BCUT2D eigenvalue weighted by atomic mass is 10.1. The molecule has 1 saturated carbocycles. The summed E-state index contributed by atoms with van der Waals surface area (Å²) >= 11 is 5.99. The van der Waals surface area contributed by atoms with Crippen molar-refractivity contribution in [1.82, 2.24) is 15.0 Å². The normalized spacial score (nSPS) is 21.8. The van der Waals surface area contributed by atoms with Gasteiger partial charge in [0.05, 0.1) is 23.5 Å². The average molecular weight is 359 g/mol. The van der Waals surface area contributed by atoms with Gasteiger partial charge >= 0.3 is 5.97 Å². The van der Waals surface area contributed by atoms with Gasteiger partial charge in [0.15, 0.2) is 5.82 Å². The first-order chi connectivity index (χ1) is 12.0. The van der Waals surface area contributed by atoms with E-state index in [1.165, 1.54) is 12.8 Å². The number of aromatic nitrogens is 1. The molecule has 4 rings (SSSR count). The molecule has 3 heterocycles. The molecule has 130 valence electrons. The fourth-order valence-corrected chi connectivity index (χ4v) is 3.60. The standard InChI is InChI=1S/C18H19ClN4O2/c1-10-8-15(14-4-3-5-16(19)20-14)21-17-13(18(24)25)9-22(23(10)17)11(2)12-6-7-12/h3-5,8,11-12H,6-7,9H2,1-2H3,(H,24,25). The second kappa shape index (κ2) is 5.97. The lowest BCUT2D eigenvalue weighted by Crippen LogP contribution is -2.44.